The number of aromatic nitrogens is 3. The monoisotopic (exact) mass is 221 g/mol. The first-order valence-electron chi connectivity index (χ1n) is 4.96. The van der Waals surface area contributed by atoms with Gasteiger partial charge in [-0.2, -0.15) is 15.4 Å². The highest BCUT2D eigenvalue weighted by atomic mass is 19.1. The average molecular weight is 221 g/mol. The van der Waals surface area contributed by atoms with Gasteiger partial charge in [0.1, 0.15) is 11.6 Å². The third-order valence-corrected chi connectivity index (χ3v) is 2.36. The minimum atomic E-state index is -0.254. The van der Waals surface area contributed by atoms with Crippen LogP contribution < -0.4 is 4.74 Å². The summed E-state index contributed by atoms with van der Waals surface area (Å²) >= 11 is 0. The van der Waals surface area contributed by atoms with E-state index < -0.39 is 0 Å². The molecule has 0 fully saturated rings. The van der Waals surface area contributed by atoms with Crippen LogP contribution in [0.4, 0.5) is 4.39 Å². The lowest BCUT2D eigenvalue weighted by molar-refractivity contribution is 0.408. The lowest BCUT2D eigenvalue weighted by atomic mass is 10.1. The normalized spacial score (nSPS) is 10.4. The largest absolute Gasteiger partial charge is 0.496 e. The van der Waals surface area contributed by atoms with E-state index in [1.807, 2.05) is 0 Å². The molecule has 1 N–H and O–H groups in total. The standard InChI is InChI=1S/C11H12FN3O/c1-16-11-5-3-9(12)6-8(11)2-4-10-7-13-15-14-10/h3,5-7H,2,4H2,1H3,(H,13,14,15). The number of ether oxygens (including phenoxy) is 1. The number of benzene rings is 1. The van der Waals surface area contributed by atoms with E-state index in [4.69, 9.17) is 4.74 Å². The highest BCUT2D eigenvalue weighted by molar-refractivity contribution is 5.34. The van der Waals surface area contributed by atoms with Crippen LogP contribution >= 0.6 is 0 Å². The van der Waals surface area contributed by atoms with E-state index in [0.717, 1.165) is 11.3 Å². The minimum absolute atomic E-state index is 0.254. The average Bonchev–Trinajstić information content (AvgIpc) is 2.79. The molecule has 0 bridgehead atoms. The maximum absolute atomic E-state index is 13.1. The molecule has 0 amide bonds. The molecule has 0 saturated heterocycles. The molecule has 0 radical (unpaired) electrons. The maximum atomic E-state index is 13.1. The lowest BCUT2D eigenvalue weighted by Crippen LogP contribution is -1.96. The van der Waals surface area contributed by atoms with E-state index in [9.17, 15) is 4.39 Å². The maximum Gasteiger partial charge on any atom is 0.123 e. The predicted octanol–water partition coefficient (Wildman–Crippen LogP) is 1.74. The molecule has 0 unspecified atom stereocenters. The number of nitrogens with one attached hydrogen (secondary N) is 1. The van der Waals surface area contributed by atoms with E-state index in [-0.39, 0.29) is 5.82 Å². The Balaban J connectivity index is 2.11. The first-order valence-corrected chi connectivity index (χ1v) is 4.96. The first kappa shape index (κ1) is 10.6. The summed E-state index contributed by atoms with van der Waals surface area (Å²) in [6, 6.07) is 4.50. The Hall–Kier alpha value is -1.91. The molecule has 0 aliphatic carbocycles. The van der Waals surface area contributed by atoms with Crippen LogP contribution in [0, 0.1) is 5.82 Å². The number of hydrogen-bond acceptors (Lipinski definition) is 3. The SMILES string of the molecule is COc1ccc(F)cc1CCc1cn[nH]n1. The minimum Gasteiger partial charge on any atom is -0.496 e. The second-order valence-electron chi connectivity index (χ2n) is 3.42. The van der Waals surface area contributed by atoms with Crippen LogP contribution in [0.2, 0.25) is 0 Å². The fourth-order valence-corrected chi connectivity index (χ4v) is 1.55. The topological polar surface area (TPSA) is 50.8 Å². The summed E-state index contributed by atoms with van der Waals surface area (Å²) in [5, 5.41) is 10.2. The van der Waals surface area contributed by atoms with Crippen LogP contribution in [0.5, 0.6) is 5.75 Å². The number of methoxy groups -OCH3 is 1. The third-order valence-electron chi connectivity index (χ3n) is 2.36. The van der Waals surface area contributed by atoms with Gasteiger partial charge in [-0.15, -0.1) is 0 Å². The zero-order valence-corrected chi connectivity index (χ0v) is 8.90. The summed E-state index contributed by atoms with van der Waals surface area (Å²) in [7, 11) is 1.58. The molecular formula is C11H12FN3O. The summed E-state index contributed by atoms with van der Waals surface area (Å²) in [5.74, 6) is 0.445. The smallest absolute Gasteiger partial charge is 0.123 e. The van der Waals surface area contributed by atoms with Gasteiger partial charge in [0.05, 0.1) is 19.0 Å². The molecule has 84 valence electrons. The second kappa shape index (κ2) is 4.74. The summed E-state index contributed by atoms with van der Waals surface area (Å²) in [4.78, 5) is 0. The van der Waals surface area contributed by atoms with Crippen molar-refractivity contribution >= 4 is 0 Å². The van der Waals surface area contributed by atoms with Crippen molar-refractivity contribution in [1.82, 2.24) is 15.4 Å². The van der Waals surface area contributed by atoms with Crippen molar-refractivity contribution in [2.24, 2.45) is 0 Å². The fourth-order valence-electron chi connectivity index (χ4n) is 1.55. The Labute approximate surface area is 92.4 Å². The summed E-state index contributed by atoms with van der Waals surface area (Å²) in [6.07, 6.45) is 3.04. The molecule has 1 heterocycles. The van der Waals surface area contributed by atoms with Crippen LogP contribution in [0.1, 0.15) is 11.3 Å². The first-order chi connectivity index (χ1) is 7.79. The Morgan fingerprint density at radius 3 is 2.94 bits per heavy atom. The van der Waals surface area contributed by atoms with E-state index in [1.165, 1.54) is 12.1 Å². The second-order valence-corrected chi connectivity index (χ2v) is 3.42. The number of aryl methyl sites for hydroxylation is 2. The Morgan fingerprint density at radius 1 is 1.38 bits per heavy atom. The molecule has 16 heavy (non-hydrogen) atoms. The quantitative estimate of drug-likeness (QED) is 0.855. The molecule has 1 aromatic carbocycles. The fraction of sp³-hybridized carbons (Fsp3) is 0.273. The van der Waals surface area contributed by atoms with Crippen molar-refractivity contribution in [3.63, 3.8) is 0 Å². The molecule has 2 rings (SSSR count). The summed E-state index contributed by atoms with van der Waals surface area (Å²) in [6.45, 7) is 0. The molecule has 4 nitrogen and oxygen atoms in total. The van der Waals surface area contributed by atoms with Crippen molar-refractivity contribution in [2.75, 3.05) is 7.11 Å². The summed E-state index contributed by atoms with van der Waals surface area (Å²) < 4.78 is 18.2. The molecule has 0 spiro atoms. The van der Waals surface area contributed by atoms with E-state index in [0.29, 0.717) is 18.6 Å². The third kappa shape index (κ3) is 2.36. The van der Waals surface area contributed by atoms with Crippen LogP contribution in [-0.2, 0) is 12.8 Å². The molecule has 0 aliphatic heterocycles. The number of rotatable bonds is 4. The molecule has 0 aliphatic rings. The van der Waals surface area contributed by atoms with Gasteiger partial charge in [-0.05, 0) is 36.6 Å². The van der Waals surface area contributed by atoms with Gasteiger partial charge in [-0.3, -0.25) is 0 Å². The Bertz CT molecular complexity index is 456. The highest BCUT2D eigenvalue weighted by Crippen LogP contribution is 2.20. The van der Waals surface area contributed by atoms with Crippen LogP contribution in [-0.4, -0.2) is 22.5 Å². The van der Waals surface area contributed by atoms with Gasteiger partial charge in [0.25, 0.3) is 0 Å². The van der Waals surface area contributed by atoms with Gasteiger partial charge in [0.15, 0.2) is 0 Å². The number of H-pyrrole nitrogens is 1. The van der Waals surface area contributed by atoms with Gasteiger partial charge in [-0.1, -0.05) is 0 Å². The number of hydrogen-bond donors (Lipinski definition) is 1. The zero-order chi connectivity index (χ0) is 11.4. The van der Waals surface area contributed by atoms with Crippen molar-refractivity contribution in [1.29, 1.82) is 0 Å². The molecule has 2 aromatic rings. The molecular weight excluding hydrogens is 209 g/mol. The van der Waals surface area contributed by atoms with Gasteiger partial charge in [-0.25, -0.2) is 4.39 Å². The van der Waals surface area contributed by atoms with Crippen molar-refractivity contribution in [3.8, 4) is 5.75 Å². The van der Waals surface area contributed by atoms with Gasteiger partial charge < -0.3 is 4.74 Å². The summed E-state index contributed by atoms with van der Waals surface area (Å²) in [5.41, 5.74) is 1.69. The predicted molar refractivity (Wildman–Crippen MR) is 56.7 cm³/mol. The van der Waals surface area contributed by atoms with Gasteiger partial charge >= 0.3 is 0 Å². The molecule has 0 saturated carbocycles. The number of aromatic amines is 1. The van der Waals surface area contributed by atoms with E-state index >= 15 is 0 Å². The van der Waals surface area contributed by atoms with E-state index in [1.54, 1.807) is 19.4 Å². The van der Waals surface area contributed by atoms with Crippen LogP contribution in [0.25, 0.3) is 0 Å². The number of halogens is 1. The Morgan fingerprint density at radius 2 is 2.25 bits per heavy atom. The van der Waals surface area contributed by atoms with Gasteiger partial charge in [0, 0.05) is 0 Å². The highest BCUT2D eigenvalue weighted by Gasteiger charge is 2.05. The lowest BCUT2D eigenvalue weighted by Gasteiger charge is -2.07. The molecule has 5 heteroatoms. The molecule has 0 atom stereocenters. The van der Waals surface area contributed by atoms with Crippen LogP contribution in [0.15, 0.2) is 24.4 Å². The zero-order valence-electron chi connectivity index (χ0n) is 8.90. The van der Waals surface area contributed by atoms with E-state index in [2.05, 4.69) is 15.4 Å². The van der Waals surface area contributed by atoms with Crippen LogP contribution in [0.3, 0.4) is 0 Å². The van der Waals surface area contributed by atoms with Crippen molar-refractivity contribution < 1.29 is 9.13 Å². The number of nitrogens with zero attached hydrogens (tertiary/aromatic N) is 2. The van der Waals surface area contributed by atoms with Crippen molar-refractivity contribution in [2.45, 2.75) is 12.8 Å². The van der Waals surface area contributed by atoms with Gasteiger partial charge in [0.2, 0.25) is 0 Å². The molecule has 1 aromatic heterocycles. The Kier molecular flexibility index (Phi) is 3.14. The van der Waals surface area contributed by atoms with Crippen molar-refractivity contribution in [3.05, 3.63) is 41.5 Å².